The standard InChI is InChI=1S/C7H8F2N2O4S/c1-15-7-4(6(8)9)5(16(10,13)14)3(12)2-11-7/h2,6,12H,1H3,(H2,10,13,14). The van der Waals surface area contributed by atoms with Crippen LogP contribution in [0.15, 0.2) is 11.1 Å². The normalized spacial score (nSPS) is 11.8. The number of rotatable bonds is 3. The zero-order chi connectivity index (χ0) is 12.5. The first-order valence-electron chi connectivity index (χ1n) is 3.85. The zero-order valence-corrected chi connectivity index (χ0v) is 8.83. The number of halogens is 2. The zero-order valence-electron chi connectivity index (χ0n) is 8.02. The van der Waals surface area contributed by atoms with E-state index in [1.807, 2.05) is 0 Å². The van der Waals surface area contributed by atoms with E-state index in [1.165, 1.54) is 0 Å². The molecule has 0 radical (unpaired) electrons. The molecule has 16 heavy (non-hydrogen) atoms. The molecule has 9 heteroatoms. The summed E-state index contributed by atoms with van der Waals surface area (Å²) in [5, 5.41) is 13.9. The molecular weight excluding hydrogens is 246 g/mol. The summed E-state index contributed by atoms with van der Waals surface area (Å²) in [5.74, 6) is -1.55. The quantitative estimate of drug-likeness (QED) is 0.811. The molecule has 6 nitrogen and oxygen atoms in total. The molecule has 1 heterocycles. The van der Waals surface area contributed by atoms with Gasteiger partial charge in [0.25, 0.3) is 6.43 Å². The van der Waals surface area contributed by atoms with Crippen molar-refractivity contribution in [2.24, 2.45) is 5.14 Å². The summed E-state index contributed by atoms with van der Waals surface area (Å²) in [6, 6.07) is 0. The summed E-state index contributed by atoms with van der Waals surface area (Å²) >= 11 is 0. The number of aromatic nitrogens is 1. The lowest BCUT2D eigenvalue weighted by Crippen LogP contribution is -2.16. The highest BCUT2D eigenvalue weighted by atomic mass is 32.2. The Morgan fingerprint density at radius 3 is 2.50 bits per heavy atom. The van der Waals surface area contributed by atoms with Crippen molar-refractivity contribution in [2.75, 3.05) is 7.11 Å². The van der Waals surface area contributed by atoms with Gasteiger partial charge in [0, 0.05) is 0 Å². The smallest absolute Gasteiger partial charge is 0.270 e. The van der Waals surface area contributed by atoms with Gasteiger partial charge in [0.2, 0.25) is 15.9 Å². The summed E-state index contributed by atoms with van der Waals surface area (Å²) in [4.78, 5) is 2.25. The van der Waals surface area contributed by atoms with E-state index in [4.69, 9.17) is 5.14 Å². The van der Waals surface area contributed by atoms with Crippen molar-refractivity contribution in [1.82, 2.24) is 4.98 Å². The molecule has 1 rings (SSSR count). The van der Waals surface area contributed by atoms with Crippen LogP contribution in [0.1, 0.15) is 12.0 Å². The maximum atomic E-state index is 12.6. The van der Waals surface area contributed by atoms with E-state index in [0.717, 1.165) is 7.11 Å². The van der Waals surface area contributed by atoms with Crippen LogP contribution in [0, 0.1) is 0 Å². The molecule has 0 atom stereocenters. The number of nitrogens with zero attached hydrogens (tertiary/aromatic N) is 1. The highest BCUT2D eigenvalue weighted by molar-refractivity contribution is 7.89. The molecule has 0 saturated heterocycles. The highest BCUT2D eigenvalue weighted by Gasteiger charge is 2.29. The molecule has 1 aromatic rings. The molecule has 0 unspecified atom stereocenters. The predicted molar refractivity (Wildman–Crippen MR) is 48.8 cm³/mol. The second kappa shape index (κ2) is 4.18. The van der Waals surface area contributed by atoms with Crippen LogP contribution in [0.4, 0.5) is 8.78 Å². The second-order valence-electron chi connectivity index (χ2n) is 2.74. The molecule has 0 fully saturated rings. The highest BCUT2D eigenvalue weighted by Crippen LogP contribution is 2.37. The number of nitrogens with two attached hydrogens (primary N) is 1. The lowest BCUT2D eigenvalue weighted by Gasteiger charge is -2.11. The summed E-state index contributed by atoms with van der Waals surface area (Å²) in [7, 11) is -3.45. The van der Waals surface area contributed by atoms with E-state index in [9.17, 15) is 22.3 Å². The molecule has 0 aromatic carbocycles. The minimum Gasteiger partial charge on any atom is -0.505 e. The fourth-order valence-corrected chi connectivity index (χ4v) is 1.96. The van der Waals surface area contributed by atoms with Gasteiger partial charge in [-0.1, -0.05) is 0 Å². The van der Waals surface area contributed by atoms with Crippen LogP contribution in [-0.4, -0.2) is 25.6 Å². The van der Waals surface area contributed by atoms with E-state index in [-0.39, 0.29) is 0 Å². The minimum absolute atomic E-state index is 0.600. The number of alkyl halides is 2. The molecule has 0 bridgehead atoms. The number of hydrogen-bond donors (Lipinski definition) is 2. The minimum atomic E-state index is -4.49. The number of sulfonamides is 1. The monoisotopic (exact) mass is 254 g/mol. The van der Waals surface area contributed by atoms with Gasteiger partial charge in [-0.05, 0) is 0 Å². The maximum Gasteiger partial charge on any atom is 0.270 e. The molecule has 0 aliphatic rings. The summed E-state index contributed by atoms with van der Waals surface area (Å²) < 4.78 is 51.8. The van der Waals surface area contributed by atoms with Crippen molar-refractivity contribution in [3.05, 3.63) is 11.8 Å². The average Bonchev–Trinajstić information content (AvgIpc) is 2.15. The third kappa shape index (κ3) is 2.19. The van der Waals surface area contributed by atoms with Crippen molar-refractivity contribution in [3.63, 3.8) is 0 Å². The molecule has 0 spiro atoms. The van der Waals surface area contributed by atoms with Crippen molar-refractivity contribution in [1.29, 1.82) is 0 Å². The molecule has 3 N–H and O–H groups in total. The van der Waals surface area contributed by atoms with Crippen LogP contribution in [-0.2, 0) is 10.0 Å². The van der Waals surface area contributed by atoms with Crippen LogP contribution in [0.5, 0.6) is 11.6 Å². The first-order chi connectivity index (χ1) is 7.29. The first kappa shape index (κ1) is 12.6. The van der Waals surface area contributed by atoms with E-state index in [2.05, 4.69) is 9.72 Å². The lowest BCUT2D eigenvalue weighted by molar-refractivity contribution is 0.141. The number of pyridine rings is 1. The Bertz CT molecular complexity index is 503. The Balaban J connectivity index is 3.69. The van der Waals surface area contributed by atoms with E-state index in [1.54, 1.807) is 0 Å². The van der Waals surface area contributed by atoms with Crippen molar-refractivity contribution in [3.8, 4) is 11.6 Å². The van der Waals surface area contributed by atoms with E-state index in [0.29, 0.717) is 6.20 Å². The Kier molecular flexibility index (Phi) is 3.29. The third-order valence-electron chi connectivity index (χ3n) is 1.71. The molecule has 1 aromatic heterocycles. The molecule has 0 aliphatic carbocycles. The van der Waals surface area contributed by atoms with Crippen molar-refractivity contribution >= 4 is 10.0 Å². The Hall–Kier alpha value is -1.48. The SMILES string of the molecule is COc1ncc(O)c(S(N)(=O)=O)c1C(F)F. The number of methoxy groups -OCH3 is 1. The van der Waals surface area contributed by atoms with Gasteiger partial charge in [0.15, 0.2) is 5.75 Å². The van der Waals surface area contributed by atoms with Crippen LogP contribution >= 0.6 is 0 Å². The van der Waals surface area contributed by atoms with Gasteiger partial charge in [0.05, 0.1) is 13.3 Å². The third-order valence-corrected chi connectivity index (χ3v) is 2.71. The van der Waals surface area contributed by atoms with Gasteiger partial charge < -0.3 is 9.84 Å². The van der Waals surface area contributed by atoms with Crippen LogP contribution < -0.4 is 9.88 Å². The van der Waals surface area contributed by atoms with Crippen molar-refractivity contribution in [2.45, 2.75) is 11.3 Å². The van der Waals surface area contributed by atoms with Gasteiger partial charge in [0.1, 0.15) is 10.5 Å². The maximum absolute atomic E-state index is 12.6. The average molecular weight is 254 g/mol. The number of hydrogen-bond acceptors (Lipinski definition) is 5. The second-order valence-corrected chi connectivity index (χ2v) is 4.24. The van der Waals surface area contributed by atoms with Gasteiger partial charge in [-0.3, -0.25) is 0 Å². The predicted octanol–water partition coefficient (Wildman–Crippen LogP) is 0.381. The number of ether oxygens (including phenoxy) is 1. The van der Waals surface area contributed by atoms with Gasteiger partial charge >= 0.3 is 0 Å². The van der Waals surface area contributed by atoms with E-state index < -0.39 is 38.5 Å². The topological polar surface area (TPSA) is 103 Å². The van der Waals surface area contributed by atoms with E-state index >= 15 is 0 Å². The fourth-order valence-electron chi connectivity index (χ4n) is 1.14. The summed E-state index contributed by atoms with van der Waals surface area (Å²) in [5.41, 5.74) is -1.05. The molecule has 0 aliphatic heterocycles. The Labute approximate surface area is 89.7 Å². The van der Waals surface area contributed by atoms with Crippen LogP contribution in [0.25, 0.3) is 0 Å². The van der Waals surface area contributed by atoms with Gasteiger partial charge in [-0.2, -0.15) is 0 Å². The van der Waals surface area contributed by atoms with Crippen molar-refractivity contribution < 1.29 is 27.0 Å². The van der Waals surface area contributed by atoms with Gasteiger partial charge in [-0.15, -0.1) is 0 Å². The van der Waals surface area contributed by atoms with Crippen LogP contribution in [0.3, 0.4) is 0 Å². The number of primary sulfonamides is 1. The first-order valence-corrected chi connectivity index (χ1v) is 5.40. The largest absolute Gasteiger partial charge is 0.505 e. The molecular formula is C7H8F2N2O4S. The molecule has 0 saturated carbocycles. The molecule has 90 valence electrons. The Morgan fingerprint density at radius 2 is 2.12 bits per heavy atom. The summed E-state index contributed by atoms with van der Waals surface area (Å²) in [6.07, 6.45) is -2.52. The molecule has 0 amide bonds. The lowest BCUT2D eigenvalue weighted by atomic mass is 10.2. The Morgan fingerprint density at radius 1 is 1.56 bits per heavy atom. The van der Waals surface area contributed by atoms with Gasteiger partial charge in [-0.25, -0.2) is 27.3 Å². The summed E-state index contributed by atoms with van der Waals surface area (Å²) in [6.45, 7) is 0. The number of aromatic hydroxyl groups is 1. The van der Waals surface area contributed by atoms with Crippen LogP contribution in [0.2, 0.25) is 0 Å². The fraction of sp³-hybridized carbons (Fsp3) is 0.286.